The minimum absolute atomic E-state index is 0.344. The predicted octanol–water partition coefficient (Wildman–Crippen LogP) is 1.93. The van der Waals surface area contributed by atoms with E-state index in [0.717, 1.165) is 25.1 Å². The summed E-state index contributed by atoms with van der Waals surface area (Å²) in [7, 11) is 0. The summed E-state index contributed by atoms with van der Waals surface area (Å²) in [5, 5.41) is 20.0. The molecule has 1 aromatic rings. The Kier molecular flexibility index (Phi) is 5.00. The number of nitrogens with one attached hydrogen (secondary N) is 1. The molecule has 0 aromatic carbocycles. The molecule has 1 N–H and O–H groups in total. The molecular weight excluding hydrogens is 190 g/mol. The number of nitrogens with zero attached hydrogens (tertiary/aromatic N) is 2. The van der Waals surface area contributed by atoms with Crippen molar-refractivity contribution < 1.29 is 4.42 Å². The maximum Gasteiger partial charge on any atom is 0.203 e. The van der Waals surface area contributed by atoms with Gasteiger partial charge in [-0.05, 0) is 31.5 Å². The molecular formula is C11H13N3O. The van der Waals surface area contributed by atoms with Gasteiger partial charge in [-0.25, -0.2) is 0 Å². The Morgan fingerprint density at radius 2 is 2.13 bits per heavy atom. The predicted molar refractivity (Wildman–Crippen MR) is 54.6 cm³/mol. The molecule has 0 radical (unpaired) electrons. The Labute approximate surface area is 89.1 Å². The zero-order valence-electron chi connectivity index (χ0n) is 8.49. The van der Waals surface area contributed by atoms with Crippen molar-refractivity contribution in [3.05, 3.63) is 23.7 Å². The molecule has 0 saturated carbocycles. The van der Waals surface area contributed by atoms with E-state index in [4.69, 9.17) is 14.9 Å². The second-order valence-corrected chi connectivity index (χ2v) is 3.17. The third kappa shape index (κ3) is 4.30. The SMILES string of the molecule is N#CCCCCNCc1ccc(C#N)o1. The smallest absolute Gasteiger partial charge is 0.203 e. The highest BCUT2D eigenvalue weighted by Gasteiger charge is 1.99. The van der Waals surface area contributed by atoms with Crippen molar-refractivity contribution in [2.75, 3.05) is 6.54 Å². The topological polar surface area (TPSA) is 72.8 Å². The Balaban J connectivity index is 2.11. The van der Waals surface area contributed by atoms with Gasteiger partial charge in [-0.1, -0.05) is 0 Å². The van der Waals surface area contributed by atoms with Crippen LogP contribution in [0, 0.1) is 22.7 Å². The van der Waals surface area contributed by atoms with Gasteiger partial charge in [-0.3, -0.25) is 0 Å². The molecule has 0 atom stereocenters. The lowest BCUT2D eigenvalue weighted by molar-refractivity contribution is 0.471. The Bertz CT molecular complexity index is 370. The Morgan fingerprint density at radius 3 is 2.80 bits per heavy atom. The van der Waals surface area contributed by atoms with Crippen LogP contribution in [0.4, 0.5) is 0 Å². The molecule has 78 valence electrons. The second kappa shape index (κ2) is 6.64. The first-order chi connectivity index (χ1) is 7.36. The Morgan fingerprint density at radius 1 is 1.27 bits per heavy atom. The highest BCUT2D eigenvalue weighted by Crippen LogP contribution is 2.05. The molecule has 0 aliphatic heterocycles. The van der Waals surface area contributed by atoms with Crippen molar-refractivity contribution in [3.8, 4) is 12.1 Å². The molecule has 0 amide bonds. The third-order valence-corrected chi connectivity index (χ3v) is 1.96. The molecule has 0 fully saturated rings. The monoisotopic (exact) mass is 203 g/mol. The number of nitriles is 2. The van der Waals surface area contributed by atoms with Crippen molar-refractivity contribution in [1.29, 1.82) is 10.5 Å². The quantitative estimate of drug-likeness (QED) is 0.717. The Hall–Kier alpha value is -1.78. The summed E-state index contributed by atoms with van der Waals surface area (Å²) >= 11 is 0. The van der Waals surface area contributed by atoms with Crippen molar-refractivity contribution >= 4 is 0 Å². The first kappa shape index (κ1) is 11.3. The molecule has 15 heavy (non-hydrogen) atoms. The van der Waals surface area contributed by atoms with Crippen molar-refractivity contribution in [3.63, 3.8) is 0 Å². The van der Waals surface area contributed by atoms with Crippen molar-refractivity contribution in [2.45, 2.75) is 25.8 Å². The molecule has 4 heteroatoms. The molecule has 1 rings (SSSR count). The van der Waals surface area contributed by atoms with E-state index in [1.165, 1.54) is 0 Å². The summed E-state index contributed by atoms with van der Waals surface area (Å²) in [6.45, 7) is 1.50. The molecule has 0 unspecified atom stereocenters. The summed E-state index contributed by atoms with van der Waals surface area (Å²) in [5.74, 6) is 1.11. The molecule has 0 bridgehead atoms. The standard InChI is InChI=1S/C11H13N3O/c12-6-2-1-3-7-14-9-11-5-4-10(8-13)15-11/h4-5,14H,1-3,7,9H2. The highest BCUT2D eigenvalue weighted by molar-refractivity contribution is 5.18. The number of hydrogen-bond acceptors (Lipinski definition) is 4. The van der Waals surface area contributed by atoms with Crippen LogP contribution in [0.5, 0.6) is 0 Å². The molecule has 1 aromatic heterocycles. The van der Waals surface area contributed by atoms with Crippen LogP contribution in [0.25, 0.3) is 0 Å². The maximum atomic E-state index is 8.52. The van der Waals surface area contributed by atoms with E-state index in [2.05, 4.69) is 11.4 Å². The van der Waals surface area contributed by atoms with Gasteiger partial charge in [-0.15, -0.1) is 0 Å². The average molecular weight is 203 g/mol. The van der Waals surface area contributed by atoms with Gasteiger partial charge in [0.2, 0.25) is 5.76 Å². The maximum absolute atomic E-state index is 8.52. The van der Waals surface area contributed by atoms with Gasteiger partial charge in [-0.2, -0.15) is 10.5 Å². The van der Waals surface area contributed by atoms with E-state index in [9.17, 15) is 0 Å². The normalized spacial score (nSPS) is 9.47. The van der Waals surface area contributed by atoms with Gasteiger partial charge in [0.25, 0.3) is 0 Å². The van der Waals surface area contributed by atoms with Crippen LogP contribution in [0.15, 0.2) is 16.5 Å². The molecule has 1 heterocycles. The highest BCUT2D eigenvalue weighted by atomic mass is 16.3. The first-order valence-electron chi connectivity index (χ1n) is 4.93. The molecule has 0 spiro atoms. The van der Waals surface area contributed by atoms with E-state index < -0.39 is 0 Å². The molecule has 0 saturated heterocycles. The van der Waals surface area contributed by atoms with Crippen molar-refractivity contribution in [2.24, 2.45) is 0 Å². The minimum atomic E-state index is 0.344. The third-order valence-electron chi connectivity index (χ3n) is 1.96. The van der Waals surface area contributed by atoms with Crippen LogP contribution < -0.4 is 5.32 Å². The van der Waals surface area contributed by atoms with Gasteiger partial charge in [0.1, 0.15) is 11.8 Å². The minimum Gasteiger partial charge on any atom is -0.449 e. The molecule has 0 aliphatic rings. The van der Waals surface area contributed by atoms with E-state index in [1.54, 1.807) is 12.1 Å². The lowest BCUT2D eigenvalue weighted by Gasteiger charge is -2.00. The van der Waals surface area contributed by atoms with Crippen LogP contribution >= 0.6 is 0 Å². The lowest BCUT2D eigenvalue weighted by atomic mass is 10.2. The fraction of sp³-hybridized carbons (Fsp3) is 0.455. The van der Waals surface area contributed by atoms with E-state index >= 15 is 0 Å². The van der Waals surface area contributed by atoms with Gasteiger partial charge >= 0.3 is 0 Å². The zero-order chi connectivity index (χ0) is 10.9. The fourth-order valence-corrected chi connectivity index (χ4v) is 1.20. The summed E-state index contributed by atoms with van der Waals surface area (Å²) in [4.78, 5) is 0. The van der Waals surface area contributed by atoms with Gasteiger partial charge in [0.15, 0.2) is 0 Å². The second-order valence-electron chi connectivity index (χ2n) is 3.17. The summed E-state index contributed by atoms with van der Waals surface area (Å²) in [5.41, 5.74) is 0. The van der Waals surface area contributed by atoms with Crippen LogP contribution in [0.2, 0.25) is 0 Å². The van der Waals surface area contributed by atoms with E-state index in [1.807, 2.05) is 6.07 Å². The summed E-state index contributed by atoms with van der Waals surface area (Å²) < 4.78 is 5.18. The molecule has 0 aliphatic carbocycles. The van der Waals surface area contributed by atoms with Crippen LogP contribution in [0.1, 0.15) is 30.8 Å². The van der Waals surface area contributed by atoms with Gasteiger partial charge in [0.05, 0.1) is 12.6 Å². The van der Waals surface area contributed by atoms with Crippen LogP contribution in [0.3, 0.4) is 0 Å². The summed E-state index contributed by atoms with van der Waals surface area (Å²) in [6.07, 6.45) is 2.52. The number of rotatable bonds is 6. The van der Waals surface area contributed by atoms with E-state index in [0.29, 0.717) is 18.7 Å². The first-order valence-corrected chi connectivity index (χ1v) is 4.93. The summed E-state index contributed by atoms with van der Waals surface area (Å²) in [6, 6.07) is 7.49. The van der Waals surface area contributed by atoms with Gasteiger partial charge < -0.3 is 9.73 Å². The largest absolute Gasteiger partial charge is 0.449 e. The van der Waals surface area contributed by atoms with Crippen LogP contribution in [-0.2, 0) is 6.54 Å². The van der Waals surface area contributed by atoms with Crippen molar-refractivity contribution in [1.82, 2.24) is 5.32 Å². The lowest BCUT2D eigenvalue weighted by Crippen LogP contribution is -2.13. The molecule has 4 nitrogen and oxygen atoms in total. The number of furan rings is 1. The van der Waals surface area contributed by atoms with Crippen LogP contribution in [-0.4, -0.2) is 6.54 Å². The van der Waals surface area contributed by atoms with Gasteiger partial charge in [0, 0.05) is 6.42 Å². The average Bonchev–Trinajstić information content (AvgIpc) is 2.71. The van der Waals surface area contributed by atoms with E-state index in [-0.39, 0.29) is 0 Å². The number of hydrogen-bond donors (Lipinski definition) is 1. The zero-order valence-corrected chi connectivity index (χ0v) is 8.49. The fourth-order valence-electron chi connectivity index (χ4n) is 1.20. The number of unbranched alkanes of at least 4 members (excludes halogenated alkanes) is 2.